The zero-order valence-corrected chi connectivity index (χ0v) is 15.5. The van der Waals surface area contributed by atoms with Gasteiger partial charge in [0.05, 0.1) is 0 Å². The van der Waals surface area contributed by atoms with Crippen LogP contribution in [-0.4, -0.2) is 10.9 Å². The molecule has 0 aliphatic carbocycles. The third-order valence-corrected chi connectivity index (χ3v) is 4.38. The SMILES string of the molecule is O=C(Nc1cccc(F)c1)c1cccc(Nc2ccc(-c3cccnc3)cc2)c1. The molecule has 0 fully saturated rings. The van der Waals surface area contributed by atoms with Crippen molar-refractivity contribution in [1.29, 1.82) is 0 Å². The molecule has 0 saturated heterocycles. The van der Waals surface area contributed by atoms with Crippen molar-refractivity contribution in [3.05, 3.63) is 109 Å². The lowest BCUT2D eigenvalue weighted by molar-refractivity contribution is 0.102. The third-order valence-electron chi connectivity index (χ3n) is 4.38. The Labute approximate surface area is 168 Å². The van der Waals surface area contributed by atoms with Crippen molar-refractivity contribution in [3.8, 4) is 11.1 Å². The summed E-state index contributed by atoms with van der Waals surface area (Å²) in [6.45, 7) is 0. The normalized spacial score (nSPS) is 10.4. The molecular weight excluding hydrogens is 365 g/mol. The van der Waals surface area contributed by atoms with E-state index in [9.17, 15) is 9.18 Å². The molecule has 2 N–H and O–H groups in total. The van der Waals surface area contributed by atoms with Crippen molar-refractivity contribution < 1.29 is 9.18 Å². The Kier molecular flexibility index (Phi) is 5.29. The number of carbonyl (C=O) groups excluding carboxylic acids is 1. The molecular formula is C24H18FN3O. The molecule has 1 amide bonds. The van der Waals surface area contributed by atoms with Crippen LogP contribution in [0.15, 0.2) is 97.3 Å². The number of carbonyl (C=O) groups is 1. The second-order valence-corrected chi connectivity index (χ2v) is 6.49. The predicted octanol–water partition coefficient (Wildman–Crippen LogP) is 5.88. The molecule has 5 heteroatoms. The summed E-state index contributed by atoms with van der Waals surface area (Å²) in [6.07, 6.45) is 3.57. The Morgan fingerprint density at radius 3 is 2.31 bits per heavy atom. The van der Waals surface area contributed by atoms with Crippen molar-refractivity contribution >= 4 is 23.0 Å². The van der Waals surface area contributed by atoms with E-state index in [-0.39, 0.29) is 5.91 Å². The van der Waals surface area contributed by atoms with E-state index < -0.39 is 5.82 Å². The number of pyridine rings is 1. The van der Waals surface area contributed by atoms with E-state index in [1.54, 1.807) is 36.5 Å². The van der Waals surface area contributed by atoms with Gasteiger partial charge in [0.25, 0.3) is 5.91 Å². The molecule has 0 atom stereocenters. The molecule has 4 nitrogen and oxygen atoms in total. The van der Waals surface area contributed by atoms with Crippen molar-refractivity contribution in [2.24, 2.45) is 0 Å². The highest BCUT2D eigenvalue weighted by atomic mass is 19.1. The number of rotatable bonds is 5. The number of hydrogen-bond acceptors (Lipinski definition) is 3. The zero-order chi connectivity index (χ0) is 20.1. The zero-order valence-electron chi connectivity index (χ0n) is 15.5. The smallest absolute Gasteiger partial charge is 0.255 e. The first-order chi connectivity index (χ1) is 14.2. The molecule has 0 saturated carbocycles. The fraction of sp³-hybridized carbons (Fsp3) is 0. The van der Waals surface area contributed by atoms with Gasteiger partial charge in [-0.15, -0.1) is 0 Å². The molecule has 29 heavy (non-hydrogen) atoms. The summed E-state index contributed by atoms with van der Waals surface area (Å²) in [5.74, 6) is -0.695. The fourth-order valence-corrected chi connectivity index (χ4v) is 2.95. The van der Waals surface area contributed by atoms with E-state index in [0.29, 0.717) is 11.3 Å². The van der Waals surface area contributed by atoms with Crippen LogP contribution in [0.4, 0.5) is 21.5 Å². The van der Waals surface area contributed by atoms with Crippen molar-refractivity contribution in [2.45, 2.75) is 0 Å². The van der Waals surface area contributed by atoms with Crippen LogP contribution in [0.2, 0.25) is 0 Å². The number of benzene rings is 3. The van der Waals surface area contributed by atoms with Gasteiger partial charge in [0, 0.05) is 35.0 Å². The number of halogens is 1. The fourth-order valence-electron chi connectivity index (χ4n) is 2.95. The molecule has 3 aromatic carbocycles. The molecule has 4 rings (SSSR count). The van der Waals surface area contributed by atoms with Crippen LogP contribution in [0.1, 0.15) is 10.4 Å². The molecule has 1 aromatic heterocycles. The number of amides is 1. The minimum Gasteiger partial charge on any atom is -0.356 e. The largest absolute Gasteiger partial charge is 0.356 e. The average molecular weight is 383 g/mol. The molecule has 4 aromatic rings. The average Bonchev–Trinajstić information content (AvgIpc) is 2.75. The lowest BCUT2D eigenvalue weighted by atomic mass is 10.1. The summed E-state index contributed by atoms with van der Waals surface area (Å²) in [5.41, 5.74) is 4.71. The molecule has 0 aliphatic rings. The Morgan fingerprint density at radius 1 is 0.759 bits per heavy atom. The van der Waals surface area contributed by atoms with Crippen molar-refractivity contribution in [1.82, 2.24) is 4.98 Å². The van der Waals surface area contributed by atoms with Crippen LogP contribution in [0.3, 0.4) is 0 Å². The molecule has 0 unspecified atom stereocenters. The lowest BCUT2D eigenvalue weighted by Crippen LogP contribution is -2.12. The maximum Gasteiger partial charge on any atom is 0.255 e. The molecule has 142 valence electrons. The van der Waals surface area contributed by atoms with Crippen LogP contribution >= 0.6 is 0 Å². The highest BCUT2D eigenvalue weighted by Gasteiger charge is 2.08. The maximum atomic E-state index is 13.3. The van der Waals surface area contributed by atoms with Gasteiger partial charge < -0.3 is 10.6 Å². The first kappa shape index (κ1) is 18.4. The van der Waals surface area contributed by atoms with E-state index >= 15 is 0 Å². The monoisotopic (exact) mass is 383 g/mol. The third kappa shape index (κ3) is 4.65. The number of aromatic nitrogens is 1. The highest BCUT2D eigenvalue weighted by molar-refractivity contribution is 6.04. The number of nitrogens with one attached hydrogen (secondary N) is 2. The van der Waals surface area contributed by atoms with E-state index in [1.807, 2.05) is 48.7 Å². The summed E-state index contributed by atoms with van der Waals surface area (Å²) in [6, 6.07) is 24.9. The van der Waals surface area contributed by atoms with Crippen LogP contribution in [0, 0.1) is 5.82 Å². The minimum atomic E-state index is -0.395. The predicted molar refractivity (Wildman–Crippen MR) is 114 cm³/mol. The van der Waals surface area contributed by atoms with Crippen LogP contribution in [0.5, 0.6) is 0 Å². The first-order valence-electron chi connectivity index (χ1n) is 9.12. The maximum absolute atomic E-state index is 13.3. The first-order valence-corrected chi connectivity index (χ1v) is 9.12. The van der Waals surface area contributed by atoms with E-state index in [1.165, 1.54) is 12.1 Å². The standard InChI is InChI=1S/C24H18FN3O/c25-20-6-2-8-23(15-20)28-24(29)18-4-1-7-22(14-18)27-21-11-9-17(10-12-21)19-5-3-13-26-16-19/h1-16,27H,(H,28,29). The highest BCUT2D eigenvalue weighted by Crippen LogP contribution is 2.23. The molecule has 0 aliphatic heterocycles. The van der Waals surface area contributed by atoms with Crippen LogP contribution < -0.4 is 10.6 Å². The van der Waals surface area contributed by atoms with Gasteiger partial charge >= 0.3 is 0 Å². The van der Waals surface area contributed by atoms with Crippen molar-refractivity contribution in [2.75, 3.05) is 10.6 Å². The molecule has 0 radical (unpaired) electrons. The molecule has 0 spiro atoms. The lowest BCUT2D eigenvalue weighted by Gasteiger charge is -2.10. The quantitative estimate of drug-likeness (QED) is 0.452. The van der Waals surface area contributed by atoms with Crippen LogP contribution in [-0.2, 0) is 0 Å². The number of hydrogen-bond donors (Lipinski definition) is 2. The Hall–Kier alpha value is -3.99. The Bertz CT molecular complexity index is 1130. The minimum absolute atomic E-state index is 0.300. The Balaban J connectivity index is 1.47. The van der Waals surface area contributed by atoms with Gasteiger partial charge in [-0.3, -0.25) is 9.78 Å². The number of anilines is 3. The van der Waals surface area contributed by atoms with Gasteiger partial charge in [-0.2, -0.15) is 0 Å². The van der Waals surface area contributed by atoms with Gasteiger partial charge in [0.2, 0.25) is 0 Å². The van der Waals surface area contributed by atoms with Gasteiger partial charge in [0.1, 0.15) is 5.82 Å². The number of nitrogens with zero attached hydrogens (tertiary/aromatic N) is 1. The Morgan fingerprint density at radius 2 is 1.55 bits per heavy atom. The summed E-state index contributed by atoms with van der Waals surface area (Å²) < 4.78 is 13.3. The van der Waals surface area contributed by atoms with Gasteiger partial charge in [-0.1, -0.05) is 30.3 Å². The topological polar surface area (TPSA) is 54.0 Å². The molecule has 1 heterocycles. The summed E-state index contributed by atoms with van der Waals surface area (Å²) in [5, 5.41) is 6.00. The van der Waals surface area contributed by atoms with E-state index in [4.69, 9.17) is 0 Å². The summed E-state index contributed by atoms with van der Waals surface area (Å²) in [4.78, 5) is 16.6. The summed E-state index contributed by atoms with van der Waals surface area (Å²) >= 11 is 0. The second kappa shape index (κ2) is 8.35. The van der Waals surface area contributed by atoms with E-state index in [0.717, 1.165) is 22.5 Å². The molecule has 0 bridgehead atoms. The summed E-state index contributed by atoms with van der Waals surface area (Å²) in [7, 11) is 0. The van der Waals surface area contributed by atoms with E-state index in [2.05, 4.69) is 15.6 Å². The second-order valence-electron chi connectivity index (χ2n) is 6.49. The van der Waals surface area contributed by atoms with Gasteiger partial charge in [-0.05, 0) is 65.7 Å². The van der Waals surface area contributed by atoms with Crippen LogP contribution in [0.25, 0.3) is 11.1 Å². The van der Waals surface area contributed by atoms with Gasteiger partial charge in [-0.25, -0.2) is 4.39 Å². The van der Waals surface area contributed by atoms with Crippen molar-refractivity contribution in [3.63, 3.8) is 0 Å². The van der Waals surface area contributed by atoms with Gasteiger partial charge in [0.15, 0.2) is 0 Å².